The van der Waals surface area contributed by atoms with E-state index in [1.165, 1.54) is 9.80 Å². The van der Waals surface area contributed by atoms with Crippen LogP contribution in [0.3, 0.4) is 0 Å². The number of carbonyl (C=O) groups is 3. The number of carboxylic acids is 1. The van der Waals surface area contributed by atoms with Gasteiger partial charge in [-0.3, -0.25) is 14.4 Å². The zero-order valence-corrected chi connectivity index (χ0v) is 15.5. The van der Waals surface area contributed by atoms with Crippen LogP contribution >= 0.6 is 0 Å². The molecule has 0 radical (unpaired) electrons. The minimum Gasteiger partial charge on any atom is -0.483 e. The Hall–Kier alpha value is -2.57. The van der Waals surface area contributed by atoms with E-state index >= 15 is 0 Å². The molecule has 1 N–H and O–H groups in total. The number of carbonyl (C=O) groups excluding carboxylic acids is 2. The lowest BCUT2D eigenvalue weighted by molar-refractivity contribution is -0.147. The quantitative estimate of drug-likeness (QED) is 0.828. The standard InChI is InChI=1S/C19H26N2O5/c1-13-6-7-14(2)16(9-13)26-12-18(23)20(3)11-17(22)21-8-4-5-15(10-21)19(24)25/h6-7,9,15H,4-5,8,10-12H2,1-3H3,(H,24,25). The van der Waals surface area contributed by atoms with Crippen LogP contribution in [0, 0.1) is 19.8 Å². The van der Waals surface area contributed by atoms with Gasteiger partial charge in [0.1, 0.15) is 5.75 Å². The minimum absolute atomic E-state index is 0.0820. The molecule has 1 atom stereocenters. The molecule has 1 aromatic rings. The molecule has 1 saturated heterocycles. The predicted octanol–water partition coefficient (Wildman–Crippen LogP) is 1.46. The zero-order valence-electron chi connectivity index (χ0n) is 15.5. The lowest BCUT2D eigenvalue weighted by Gasteiger charge is -2.32. The Kier molecular flexibility index (Phi) is 6.60. The highest BCUT2D eigenvalue weighted by Gasteiger charge is 2.29. The lowest BCUT2D eigenvalue weighted by atomic mass is 9.98. The molecule has 0 spiro atoms. The van der Waals surface area contributed by atoms with Crippen LogP contribution in [-0.2, 0) is 14.4 Å². The van der Waals surface area contributed by atoms with Gasteiger partial charge in [-0.15, -0.1) is 0 Å². The maximum atomic E-state index is 12.4. The van der Waals surface area contributed by atoms with Crippen LogP contribution in [0.4, 0.5) is 0 Å². The summed E-state index contributed by atoms with van der Waals surface area (Å²) < 4.78 is 5.58. The number of carboxylic acid groups (broad SMARTS) is 1. The third-order valence-corrected chi connectivity index (χ3v) is 4.62. The number of piperidine rings is 1. The highest BCUT2D eigenvalue weighted by Crippen LogP contribution is 2.19. The molecule has 1 heterocycles. The molecule has 1 aliphatic heterocycles. The van der Waals surface area contributed by atoms with Gasteiger partial charge < -0.3 is 19.6 Å². The monoisotopic (exact) mass is 362 g/mol. The van der Waals surface area contributed by atoms with Crippen molar-refractivity contribution in [3.63, 3.8) is 0 Å². The van der Waals surface area contributed by atoms with E-state index in [9.17, 15) is 14.4 Å². The number of ether oxygens (including phenoxy) is 1. The van der Waals surface area contributed by atoms with E-state index < -0.39 is 11.9 Å². The maximum absolute atomic E-state index is 12.4. The van der Waals surface area contributed by atoms with Crippen LogP contribution in [0.15, 0.2) is 18.2 Å². The van der Waals surface area contributed by atoms with Gasteiger partial charge in [0.2, 0.25) is 5.91 Å². The second kappa shape index (κ2) is 8.69. The Morgan fingerprint density at radius 1 is 1.31 bits per heavy atom. The smallest absolute Gasteiger partial charge is 0.308 e. The number of benzene rings is 1. The molecule has 1 unspecified atom stereocenters. The van der Waals surface area contributed by atoms with Crippen LogP contribution < -0.4 is 4.74 Å². The number of hydrogen-bond acceptors (Lipinski definition) is 4. The SMILES string of the molecule is Cc1ccc(C)c(OCC(=O)N(C)CC(=O)N2CCCC(C(=O)O)C2)c1. The van der Waals surface area contributed by atoms with Gasteiger partial charge in [-0.05, 0) is 43.9 Å². The number of aliphatic carboxylic acids is 1. The maximum Gasteiger partial charge on any atom is 0.308 e. The zero-order chi connectivity index (χ0) is 19.3. The second-order valence-corrected chi connectivity index (χ2v) is 6.82. The van der Waals surface area contributed by atoms with Gasteiger partial charge in [0.25, 0.3) is 5.91 Å². The number of nitrogens with zero attached hydrogens (tertiary/aromatic N) is 2. The molecule has 0 bridgehead atoms. The van der Waals surface area contributed by atoms with Crippen LogP contribution in [0.5, 0.6) is 5.75 Å². The van der Waals surface area contributed by atoms with Crippen molar-refractivity contribution < 1.29 is 24.2 Å². The first-order valence-corrected chi connectivity index (χ1v) is 8.72. The molecule has 7 heteroatoms. The van der Waals surface area contributed by atoms with Gasteiger partial charge in [-0.1, -0.05) is 12.1 Å². The van der Waals surface area contributed by atoms with E-state index in [2.05, 4.69) is 0 Å². The highest BCUT2D eigenvalue weighted by molar-refractivity contribution is 5.85. The average molecular weight is 362 g/mol. The number of rotatable bonds is 6. The molecule has 26 heavy (non-hydrogen) atoms. The fraction of sp³-hybridized carbons (Fsp3) is 0.526. The first-order valence-electron chi connectivity index (χ1n) is 8.72. The number of hydrogen-bond donors (Lipinski definition) is 1. The van der Waals surface area contributed by atoms with Crippen molar-refractivity contribution in [1.29, 1.82) is 0 Å². The van der Waals surface area contributed by atoms with Gasteiger partial charge in [-0.2, -0.15) is 0 Å². The molecule has 7 nitrogen and oxygen atoms in total. The first-order chi connectivity index (χ1) is 12.3. The average Bonchev–Trinajstić information content (AvgIpc) is 2.62. The number of amides is 2. The largest absolute Gasteiger partial charge is 0.483 e. The molecule has 1 aliphatic rings. The third kappa shape index (κ3) is 5.21. The van der Waals surface area contributed by atoms with Gasteiger partial charge in [0, 0.05) is 20.1 Å². The summed E-state index contributed by atoms with van der Waals surface area (Å²) in [6, 6.07) is 5.77. The van der Waals surface area contributed by atoms with Gasteiger partial charge in [0.15, 0.2) is 6.61 Å². The van der Waals surface area contributed by atoms with Crippen LogP contribution in [-0.4, -0.2) is 66.0 Å². The predicted molar refractivity (Wildman–Crippen MR) is 96.0 cm³/mol. The van der Waals surface area contributed by atoms with Gasteiger partial charge >= 0.3 is 5.97 Å². The topological polar surface area (TPSA) is 87.2 Å². The van der Waals surface area contributed by atoms with E-state index in [1.807, 2.05) is 32.0 Å². The summed E-state index contributed by atoms with van der Waals surface area (Å²) in [4.78, 5) is 38.5. The molecule has 1 fully saturated rings. The van der Waals surface area contributed by atoms with E-state index in [-0.39, 0.29) is 31.5 Å². The molecular weight excluding hydrogens is 336 g/mol. The van der Waals surface area contributed by atoms with Crippen LogP contribution in [0.25, 0.3) is 0 Å². The van der Waals surface area contributed by atoms with E-state index in [4.69, 9.17) is 9.84 Å². The number of aryl methyl sites for hydroxylation is 2. The molecule has 2 rings (SSSR count). The number of likely N-dealkylation sites (tertiary alicyclic amines) is 1. The van der Waals surface area contributed by atoms with Crippen molar-refractivity contribution in [2.45, 2.75) is 26.7 Å². The molecule has 1 aromatic carbocycles. The Labute approximate surface area is 153 Å². The Morgan fingerprint density at radius 3 is 2.73 bits per heavy atom. The first kappa shape index (κ1) is 19.8. The van der Waals surface area contributed by atoms with Crippen molar-refractivity contribution in [2.75, 3.05) is 33.3 Å². The lowest BCUT2D eigenvalue weighted by Crippen LogP contribution is -2.47. The van der Waals surface area contributed by atoms with Crippen LogP contribution in [0.2, 0.25) is 0 Å². The fourth-order valence-electron chi connectivity index (χ4n) is 2.91. The molecule has 0 saturated carbocycles. The molecule has 2 amide bonds. The summed E-state index contributed by atoms with van der Waals surface area (Å²) in [5.41, 5.74) is 1.98. The van der Waals surface area contributed by atoms with E-state index in [1.54, 1.807) is 7.05 Å². The Morgan fingerprint density at radius 2 is 2.04 bits per heavy atom. The normalized spacial score (nSPS) is 16.9. The minimum atomic E-state index is -0.881. The summed E-state index contributed by atoms with van der Waals surface area (Å²) in [6.07, 6.45) is 1.24. The molecule has 0 aliphatic carbocycles. The van der Waals surface area contributed by atoms with Gasteiger partial charge in [0.05, 0.1) is 12.5 Å². The Balaban J connectivity index is 1.85. The molecular formula is C19H26N2O5. The van der Waals surface area contributed by atoms with Crippen molar-refractivity contribution in [1.82, 2.24) is 9.80 Å². The van der Waals surface area contributed by atoms with Crippen molar-refractivity contribution in [3.8, 4) is 5.75 Å². The van der Waals surface area contributed by atoms with E-state index in [0.717, 1.165) is 11.1 Å². The third-order valence-electron chi connectivity index (χ3n) is 4.62. The summed E-state index contributed by atoms with van der Waals surface area (Å²) in [5, 5.41) is 9.11. The fourth-order valence-corrected chi connectivity index (χ4v) is 2.91. The summed E-state index contributed by atoms with van der Waals surface area (Å²) in [5.74, 6) is -1.29. The van der Waals surface area contributed by atoms with E-state index in [0.29, 0.717) is 25.1 Å². The summed E-state index contributed by atoms with van der Waals surface area (Å²) in [6.45, 7) is 4.36. The summed E-state index contributed by atoms with van der Waals surface area (Å²) >= 11 is 0. The highest BCUT2D eigenvalue weighted by atomic mass is 16.5. The molecule has 0 aromatic heterocycles. The number of likely N-dealkylation sites (N-methyl/N-ethyl adjacent to an activating group) is 1. The Bertz CT molecular complexity index is 689. The van der Waals surface area contributed by atoms with Crippen molar-refractivity contribution in [2.24, 2.45) is 5.92 Å². The van der Waals surface area contributed by atoms with Crippen molar-refractivity contribution in [3.05, 3.63) is 29.3 Å². The van der Waals surface area contributed by atoms with Gasteiger partial charge in [-0.25, -0.2) is 0 Å². The van der Waals surface area contributed by atoms with Crippen LogP contribution in [0.1, 0.15) is 24.0 Å². The van der Waals surface area contributed by atoms with Crippen molar-refractivity contribution >= 4 is 17.8 Å². The second-order valence-electron chi connectivity index (χ2n) is 6.82. The molecule has 142 valence electrons. The summed E-state index contributed by atoms with van der Waals surface area (Å²) in [7, 11) is 1.55.